The van der Waals surface area contributed by atoms with Crippen LogP contribution in [0.25, 0.3) is 5.70 Å². The van der Waals surface area contributed by atoms with E-state index in [0.717, 1.165) is 63.5 Å². The number of urea groups is 1. The molecule has 2 aliphatic heterocycles. The molecule has 2 saturated heterocycles. The Bertz CT molecular complexity index is 643. The highest BCUT2D eigenvalue weighted by Gasteiger charge is 2.26. The number of hydrogen-bond donors (Lipinski definition) is 2. The predicted octanol–water partition coefficient (Wildman–Crippen LogP) is 1.72. The molecule has 0 saturated carbocycles. The van der Waals surface area contributed by atoms with Crippen LogP contribution in [0.3, 0.4) is 0 Å². The van der Waals surface area contributed by atoms with E-state index in [1.165, 1.54) is 0 Å². The van der Waals surface area contributed by atoms with Crippen LogP contribution >= 0.6 is 0 Å². The standard InChI is InChI=1S/C20H32N6O/c1-15(2)24-10-12-26(13-11-24)20(27)23-18-6-8-25(9-7-18)19-5-4-17(14-22-19)16(3)21/h4-5,14-15,18H,3,6-13,21H2,1-2H3,(H,23,27). The summed E-state index contributed by atoms with van der Waals surface area (Å²) < 4.78 is 0. The quantitative estimate of drug-likeness (QED) is 0.841. The SMILES string of the molecule is C=C(N)c1ccc(N2CCC(NC(=O)N3CCN(C(C)C)CC3)CC2)nc1. The predicted molar refractivity (Wildman–Crippen MR) is 110 cm³/mol. The van der Waals surface area contributed by atoms with Gasteiger partial charge in [-0.15, -0.1) is 0 Å². The van der Waals surface area contributed by atoms with E-state index in [-0.39, 0.29) is 12.1 Å². The first kappa shape index (κ1) is 19.5. The Morgan fingerprint density at radius 2 is 1.85 bits per heavy atom. The van der Waals surface area contributed by atoms with Gasteiger partial charge >= 0.3 is 6.03 Å². The molecular formula is C20H32N6O. The molecule has 2 aliphatic rings. The second-order valence-electron chi connectivity index (χ2n) is 7.76. The van der Waals surface area contributed by atoms with Gasteiger partial charge in [-0.3, -0.25) is 4.90 Å². The molecule has 0 unspecified atom stereocenters. The number of carbonyl (C=O) groups is 1. The van der Waals surface area contributed by atoms with E-state index < -0.39 is 0 Å². The molecule has 0 aliphatic carbocycles. The van der Waals surface area contributed by atoms with E-state index >= 15 is 0 Å². The summed E-state index contributed by atoms with van der Waals surface area (Å²) in [5.41, 5.74) is 7.09. The second kappa shape index (κ2) is 8.61. The minimum absolute atomic E-state index is 0.0841. The Balaban J connectivity index is 1.44. The number of piperazine rings is 1. The van der Waals surface area contributed by atoms with Crippen molar-refractivity contribution in [1.82, 2.24) is 20.1 Å². The lowest BCUT2D eigenvalue weighted by atomic mass is 10.1. The molecule has 0 spiro atoms. The molecule has 7 heteroatoms. The summed E-state index contributed by atoms with van der Waals surface area (Å²) in [4.78, 5) is 23.7. The Labute approximate surface area is 162 Å². The normalized spacial score (nSPS) is 19.4. The van der Waals surface area contributed by atoms with Crippen molar-refractivity contribution in [1.29, 1.82) is 0 Å². The van der Waals surface area contributed by atoms with Crippen LogP contribution in [-0.4, -0.2) is 72.2 Å². The van der Waals surface area contributed by atoms with Crippen molar-refractivity contribution in [3.8, 4) is 0 Å². The molecule has 3 N–H and O–H groups in total. The van der Waals surface area contributed by atoms with Crippen molar-refractivity contribution in [3.05, 3.63) is 30.5 Å². The molecule has 0 radical (unpaired) electrons. The zero-order valence-corrected chi connectivity index (χ0v) is 16.5. The Morgan fingerprint density at radius 3 is 2.37 bits per heavy atom. The van der Waals surface area contributed by atoms with Crippen LogP contribution in [0.1, 0.15) is 32.3 Å². The highest BCUT2D eigenvalue weighted by atomic mass is 16.2. The third-order valence-electron chi connectivity index (χ3n) is 5.60. The maximum atomic E-state index is 12.5. The Hall–Kier alpha value is -2.28. The Morgan fingerprint density at radius 1 is 1.19 bits per heavy atom. The monoisotopic (exact) mass is 372 g/mol. The van der Waals surface area contributed by atoms with E-state index in [2.05, 4.69) is 40.5 Å². The molecule has 1 aromatic heterocycles. The average molecular weight is 373 g/mol. The lowest BCUT2D eigenvalue weighted by molar-refractivity contribution is 0.117. The molecular weight excluding hydrogens is 340 g/mol. The van der Waals surface area contributed by atoms with Crippen LogP contribution in [-0.2, 0) is 0 Å². The minimum atomic E-state index is 0.0841. The highest BCUT2D eigenvalue weighted by molar-refractivity contribution is 5.74. The maximum absolute atomic E-state index is 12.5. The number of aromatic nitrogens is 1. The topological polar surface area (TPSA) is 77.7 Å². The number of nitrogens with two attached hydrogens (primary N) is 1. The molecule has 148 valence electrons. The number of nitrogens with one attached hydrogen (secondary N) is 1. The van der Waals surface area contributed by atoms with Gasteiger partial charge in [-0.25, -0.2) is 9.78 Å². The average Bonchev–Trinajstić information content (AvgIpc) is 2.68. The van der Waals surface area contributed by atoms with Crippen molar-refractivity contribution in [2.45, 2.75) is 38.8 Å². The number of pyridine rings is 1. The van der Waals surface area contributed by atoms with Gasteiger partial charge in [0.15, 0.2) is 0 Å². The third-order valence-corrected chi connectivity index (χ3v) is 5.60. The highest BCUT2D eigenvalue weighted by Crippen LogP contribution is 2.19. The number of piperidine rings is 1. The van der Waals surface area contributed by atoms with Gasteiger partial charge in [-0.2, -0.15) is 0 Å². The summed E-state index contributed by atoms with van der Waals surface area (Å²) in [5, 5.41) is 3.22. The number of hydrogen-bond acceptors (Lipinski definition) is 5. The number of amides is 2. The lowest BCUT2D eigenvalue weighted by Gasteiger charge is -2.38. The molecule has 0 atom stereocenters. The van der Waals surface area contributed by atoms with Gasteiger partial charge in [0.25, 0.3) is 0 Å². The minimum Gasteiger partial charge on any atom is -0.399 e. The van der Waals surface area contributed by atoms with E-state index in [1.807, 2.05) is 17.0 Å². The van der Waals surface area contributed by atoms with E-state index in [4.69, 9.17) is 5.73 Å². The van der Waals surface area contributed by atoms with Crippen LogP contribution < -0.4 is 16.0 Å². The van der Waals surface area contributed by atoms with Gasteiger partial charge in [0.05, 0.1) is 0 Å². The third kappa shape index (κ3) is 4.91. The number of rotatable bonds is 4. The molecule has 3 heterocycles. The van der Waals surface area contributed by atoms with Gasteiger partial charge < -0.3 is 20.9 Å². The van der Waals surface area contributed by atoms with Crippen LogP contribution in [0.2, 0.25) is 0 Å². The molecule has 0 aromatic carbocycles. The fourth-order valence-corrected chi connectivity index (χ4v) is 3.72. The zero-order valence-electron chi connectivity index (χ0n) is 16.5. The first-order chi connectivity index (χ1) is 12.9. The van der Waals surface area contributed by atoms with Crippen molar-refractivity contribution in [3.63, 3.8) is 0 Å². The summed E-state index contributed by atoms with van der Waals surface area (Å²) in [6, 6.07) is 4.81. The van der Waals surface area contributed by atoms with Crippen molar-refractivity contribution in [2.75, 3.05) is 44.2 Å². The first-order valence-electron chi connectivity index (χ1n) is 9.89. The largest absolute Gasteiger partial charge is 0.399 e. The first-order valence-corrected chi connectivity index (χ1v) is 9.89. The molecule has 7 nitrogen and oxygen atoms in total. The van der Waals surface area contributed by atoms with Crippen molar-refractivity contribution >= 4 is 17.5 Å². The maximum Gasteiger partial charge on any atom is 0.317 e. The van der Waals surface area contributed by atoms with Crippen molar-refractivity contribution in [2.24, 2.45) is 5.73 Å². The number of nitrogens with zero attached hydrogens (tertiary/aromatic N) is 4. The molecule has 2 fully saturated rings. The van der Waals surface area contributed by atoms with Gasteiger partial charge in [0.1, 0.15) is 5.82 Å². The van der Waals surface area contributed by atoms with Gasteiger partial charge in [-0.05, 0) is 38.8 Å². The molecule has 1 aromatic rings. The number of carbonyl (C=O) groups excluding carboxylic acids is 1. The summed E-state index contributed by atoms with van der Waals surface area (Å²) in [5.74, 6) is 0.953. The van der Waals surface area contributed by atoms with E-state index in [9.17, 15) is 4.79 Å². The molecule has 2 amide bonds. The van der Waals surface area contributed by atoms with Crippen LogP contribution in [0.5, 0.6) is 0 Å². The zero-order chi connectivity index (χ0) is 19.4. The van der Waals surface area contributed by atoms with E-state index in [1.54, 1.807) is 6.20 Å². The van der Waals surface area contributed by atoms with Crippen LogP contribution in [0.15, 0.2) is 24.9 Å². The summed E-state index contributed by atoms with van der Waals surface area (Å²) >= 11 is 0. The second-order valence-corrected chi connectivity index (χ2v) is 7.76. The summed E-state index contributed by atoms with van der Waals surface area (Å²) in [6.45, 7) is 13.5. The molecule has 27 heavy (non-hydrogen) atoms. The van der Waals surface area contributed by atoms with E-state index in [0.29, 0.717) is 11.7 Å². The smallest absolute Gasteiger partial charge is 0.317 e. The van der Waals surface area contributed by atoms with Gasteiger partial charge in [0, 0.05) is 68.8 Å². The molecule has 0 bridgehead atoms. The number of anilines is 1. The Kier molecular flexibility index (Phi) is 6.21. The van der Waals surface area contributed by atoms with Crippen LogP contribution in [0.4, 0.5) is 10.6 Å². The summed E-state index contributed by atoms with van der Waals surface area (Å²) in [7, 11) is 0. The summed E-state index contributed by atoms with van der Waals surface area (Å²) in [6.07, 6.45) is 3.64. The fraction of sp³-hybridized carbons (Fsp3) is 0.600. The van der Waals surface area contributed by atoms with Gasteiger partial charge in [-0.1, -0.05) is 6.58 Å². The van der Waals surface area contributed by atoms with Gasteiger partial charge in [0.2, 0.25) is 0 Å². The fourth-order valence-electron chi connectivity index (χ4n) is 3.72. The lowest BCUT2D eigenvalue weighted by Crippen LogP contribution is -2.55. The van der Waals surface area contributed by atoms with Crippen LogP contribution in [0, 0.1) is 0 Å². The van der Waals surface area contributed by atoms with Crippen molar-refractivity contribution < 1.29 is 4.79 Å². The molecule has 3 rings (SSSR count).